The van der Waals surface area contributed by atoms with E-state index in [1.54, 1.807) is 0 Å². The van der Waals surface area contributed by atoms with E-state index in [-0.39, 0.29) is 11.9 Å². The van der Waals surface area contributed by atoms with Crippen molar-refractivity contribution in [1.29, 1.82) is 5.26 Å². The number of nitriles is 1. The summed E-state index contributed by atoms with van der Waals surface area (Å²) in [6.45, 7) is 4.01. The molecule has 1 amide bonds. The molecule has 1 N–H and O–H groups in total. The minimum Gasteiger partial charge on any atom is -0.340 e. The van der Waals surface area contributed by atoms with E-state index >= 15 is 0 Å². The lowest BCUT2D eigenvalue weighted by Gasteiger charge is -2.10. The summed E-state index contributed by atoms with van der Waals surface area (Å²) in [5, 5.41) is 11.6. The average molecular weight is 230 g/mol. The number of carbonyl (C=O) groups excluding carboxylic acids is 1. The van der Waals surface area contributed by atoms with Crippen molar-refractivity contribution in [3.05, 3.63) is 35.4 Å². The SMILES string of the molecule is CCCC(C#N)NC(=O)Cc1ccc(C)cc1. The molecule has 90 valence electrons. The first kappa shape index (κ1) is 13.2. The second kappa shape index (κ2) is 6.70. The highest BCUT2D eigenvalue weighted by atomic mass is 16.1. The van der Waals surface area contributed by atoms with Gasteiger partial charge in [0.15, 0.2) is 0 Å². The molecule has 0 radical (unpaired) electrons. The Kier molecular flexibility index (Phi) is 5.22. The monoisotopic (exact) mass is 230 g/mol. The van der Waals surface area contributed by atoms with Gasteiger partial charge in [-0.25, -0.2) is 0 Å². The molecule has 17 heavy (non-hydrogen) atoms. The van der Waals surface area contributed by atoms with Crippen LogP contribution in [0, 0.1) is 18.3 Å². The third-order valence-corrected chi connectivity index (χ3v) is 2.55. The molecule has 0 aliphatic rings. The number of amides is 1. The Morgan fingerprint density at radius 1 is 1.41 bits per heavy atom. The van der Waals surface area contributed by atoms with Crippen LogP contribution < -0.4 is 5.32 Å². The summed E-state index contributed by atoms with van der Waals surface area (Å²) in [6, 6.07) is 9.58. The van der Waals surface area contributed by atoms with Crippen LogP contribution >= 0.6 is 0 Å². The van der Waals surface area contributed by atoms with Crippen LogP contribution in [0.2, 0.25) is 0 Å². The van der Waals surface area contributed by atoms with E-state index in [2.05, 4.69) is 11.4 Å². The fourth-order valence-corrected chi connectivity index (χ4v) is 1.59. The second-order valence-corrected chi connectivity index (χ2v) is 4.20. The summed E-state index contributed by atoms with van der Waals surface area (Å²) in [5.41, 5.74) is 2.15. The lowest BCUT2D eigenvalue weighted by molar-refractivity contribution is -0.120. The zero-order chi connectivity index (χ0) is 12.7. The molecular weight excluding hydrogens is 212 g/mol. The first-order valence-corrected chi connectivity index (χ1v) is 5.90. The third kappa shape index (κ3) is 4.69. The average Bonchev–Trinajstić information content (AvgIpc) is 2.31. The van der Waals surface area contributed by atoms with Gasteiger partial charge in [0, 0.05) is 0 Å². The van der Waals surface area contributed by atoms with Crippen LogP contribution in [0.1, 0.15) is 30.9 Å². The quantitative estimate of drug-likeness (QED) is 0.844. The van der Waals surface area contributed by atoms with Gasteiger partial charge in [0.2, 0.25) is 5.91 Å². The Bertz CT molecular complexity index is 403. The molecule has 0 spiro atoms. The van der Waals surface area contributed by atoms with E-state index in [4.69, 9.17) is 5.26 Å². The summed E-state index contributed by atoms with van der Waals surface area (Å²) in [7, 11) is 0. The normalized spacial score (nSPS) is 11.6. The first-order chi connectivity index (χ1) is 8.15. The maximum Gasteiger partial charge on any atom is 0.225 e. The second-order valence-electron chi connectivity index (χ2n) is 4.20. The molecule has 0 aliphatic heterocycles. The summed E-state index contributed by atoms with van der Waals surface area (Å²) in [5.74, 6) is -0.0890. The van der Waals surface area contributed by atoms with Crippen LogP contribution in [0.5, 0.6) is 0 Å². The van der Waals surface area contributed by atoms with Crippen molar-refractivity contribution in [2.45, 2.75) is 39.2 Å². The van der Waals surface area contributed by atoms with Crippen LogP contribution in [-0.4, -0.2) is 11.9 Å². The number of aryl methyl sites for hydroxylation is 1. The van der Waals surface area contributed by atoms with E-state index < -0.39 is 0 Å². The van der Waals surface area contributed by atoms with E-state index in [9.17, 15) is 4.79 Å². The number of carbonyl (C=O) groups is 1. The fourth-order valence-electron chi connectivity index (χ4n) is 1.59. The van der Waals surface area contributed by atoms with Gasteiger partial charge in [0.05, 0.1) is 12.5 Å². The van der Waals surface area contributed by atoms with Crippen molar-refractivity contribution in [2.24, 2.45) is 0 Å². The van der Waals surface area contributed by atoms with Gasteiger partial charge < -0.3 is 5.32 Å². The molecule has 0 aromatic heterocycles. The van der Waals surface area contributed by atoms with Gasteiger partial charge in [-0.05, 0) is 18.9 Å². The van der Waals surface area contributed by atoms with Gasteiger partial charge in [0.25, 0.3) is 0 Å². The Morgan fingerprint density at radius 3 is 2.59 bits per heavy atom. The maximum absolute atomic E-state index is 11.7. The van der Waals surface area contributed by atoms with Gasteiger partial charge in [-0.1, -0.05) is 43.2 Å². The topological polar surface area (TPSA) is 52.9 Å². The van der Waals surface area contributed by atoms with E-state index in [1.165, 1.54) is 5.56 Å². The molecule has 1 unspecified atom stereocenters. The molecule has 3 nitrogen and oxygen atoms in total. The third-order valence-electron chi connectivity index (χ3n) is 2.55. The summed E-state index contributed by atoms with van der Waals surface area (Å²) >= 11 is 0. The van der Waals surface area contributed by atoms with Crippen LogP contribution in [0.25, 0.3) is 0 Å². The van der Waals surface area contributed by atoms with Gasteiger partial charge >= 0.3 is 0 Å². The predicted molar refractivity (Wildman–Crippen MR) is 67.3 cm³/mol. The van der Waals surface area contributed by atoms with Gasteiger partial charge in [-0.2, -0.15) is 5.26 Å². The van der Waals surface area contributed by atoms with Crippen molar-refractivity contribution < 1.29 is 4.79 Å². The molecule has 0 bridgehead atoms. The number of nitrogens with zero attached hydrogens (tertiary/aromatic N) is 1. The lowest BCUT2D eigenvalue weighted by Crippen LogP contribution is -2.34. The number of hydrogen-bond donors (Lipinski definition) is 1. The maximum atomic E-state index is 11.7. The van der Waals surface area contributed by atoms with Crippen LogP contribution in [-0.2, 0) is 11.2 Å². The molecule has 1 rings (SSSR count). The smallest absolute Gasteiger partial charge is 0.225 e. The number of benzene rings is 1. The zero-order valence-corrected chi connectivity index (χ0v) is 10.4. The first-order valence-electron chi connectivity index (χ1n) is 5.90. The lowest BCUT2D eigenvalue weighted by atomic mass is 10.1. The van der Waals surface area contributed by atoms with Gasteiger partial charge in [-0.15, -0.1) is 0 Å². The van der Waals surface area contributed by atoms with Crippen molar-refractivity contribution in [3.63, 3.8) is 0 Å². The summed E-state index contributed by atoms with van der Waals surface area (Å²) < 4.78 is 0. The molecule has 0 heterocycles. The Balaban J connectivity index is 2.49. The largest absolute Gasteiger partial charge is 0.340 e. The predicted octanol–water partition coefficient (Wildman–Crippen LogP) is 2.35. The summed E-state index contributed by atoms with van der Waals surface area (Å²) in [4.78, 5) is 11.7. The number of hydrogen-bond acceptors (Lipinski definition) is 2. The number of nitrogens with one attached hydrogen (secondary N) is 1. The van der Waals surface area contributed by atoms with Gasteiger partial charge in [-0.3, -0.25) is 4.79 Å². The van der Waals surface area contributed by atoms with E-state index in [1.807, 2.05) is 38.1 Å². The zero-order valence-electron chi connectivity index (χ0n) is 10.4. The van der Waals surface area contributed by atoms with Crippen molar-refractivity contribution in [3.8, 4) is 6.07 Å². The van der Waals surface area contributed by atoms with Crippen LogP contribution in [0.3, 0.4) is 0 Å². The highest BCUT2D eigenvalue weighted by Crippen LogP contribution is 2.04. The molecule has 1 aromatic carbocycles. The van der Waals surface area contributed by atoms with Crippen molar-refractivity contribution >= 4 is 5.91 Å². The Hall–Kier alpha value is -1.82. The Labute approximate surface area is 102 Å². The van der Waals surface area contributed by atoms with Gasteiger partial charge in [0.1, 0.15) is 6.04 Å². The number of rotatable bonds is 5. The molecular formula is C14H18N2O. The molecule has 0 fully saturated rings. The molecule has 3 heteroatoms. The van der Waals surface area contributed by atoms with E-state index in [0.29, 0.717) is 12.8 Å². The molecule has 0 aliphatic carbocycles. The minimum atomic E-state index is -0.363. The molecule has 0 saturated heterocycles. The van der Waals surface area contributed by atoms with Crippen molar-refractivity contribution in [2.75, 3.05) is 0 Å². The molecule has 1 atom stereocenters. The fraction of sp³-hybridized carbons (Fsp3) is 0.429. The molecule has 0 saturated carbocycles. The van der Waals surface area contributed by atoms with Crippen molar-refractivity contribution in [1.82, 2.24) is 5.32 Å². The molecule has 1 aromatic rings. The van der Waals surface area contributed by atoms with Crippen LogP contribution in [0.15, 0.2) is 24.3 Å². The standard InChI is InChI=1S/C14H18N2O/c1-3-4-13(10-15)16-14(17)9-12-7-5-11(2)6-8-12/h5-8,13H,3-4,9H2,1-2H3,(H,16,17). The summed E-state index contributed by atoms with van der Waals surface area (Å²) in [6.07, 6.45) is 1.93. The van der Waals surface area contributed by atoms with Crippen LogP contribution in [0.4, 0.5) is 0 Å². The highest BCUT2D eigenvalue weighted by Gasteiger charge is 2.10. The highest BCUT2D eigenvalue weighted by molar-refractivity contribution is 5.79. The Morgan fingerprint density at radius 2 is 2.06 bits per heavy atom. The van der Waals surface area contributed by atoms with E-state index in [0.717, 1.165) is 12.0 Å². The minimum absolute atomic E-state index is 0.0890.